The smallest absolute Gasteiger partial charge is 0.338 e. The van der Waals surface area contributed by atoms with Gasteiger partial charge in [0.25, 0.3) is 0 Å². The van der Waals surface area contributed by atoms with Gasteiger partial charge in [0.2, 0.25) is 5.91 Å². The van der Waals surface area contributed by atoms with Crippen LogP contribution in [0.5, 0.6) is 5.75 Å². The Morgan fingerprint density at radius 2 is 1.70 bits per heavy atom. The molecule has 0 saturated carbocycles. The van der Waals surface area contributed by atoms with Crippen LogP contribution in [0, 0.1) is 20.8 Å². The molecule has 2 aromatic carbocycles. The fraction of sp³-hybridized carbons (Fsp3) is 0.261. The van der Waals surface area contributed by atoms with Crippen molar-refractivity contribution in [2.75, 3.05) is 12.0 Å². The zero-order chi connectivity index (χ0) is 21.8. The molecular weight excluding hydrogens is 400 g/mol. The maximum absolute atomic E-state index is 12.4. The first-order chi connectivity index (χ1) is 14.3. The highest BCUT2D eigenvalue weighted by Crippen LogP contribution is 2.34. The van der Waals surface area contributed by atoms with Crippen LogP contribution >= 0.6 is 11.3 Å². The number of aryl methyl sites for hydroxylation is 3. The molecule has 1 heterocycles. The minimum Gasteiger partial charge on any atom is -0.497 e. The lowest BCUT2D eigenvalue weighted by Gasteiger charge is -2.23. The molecule has 6 nitrogen and oxygen atoms in total. The van der Waals surface area contributed by atoms with Crippen molar-refractivity contribution < 1.29 is 19.1 Å². The number of ether oxygens (including phenoxy) is 2. The van der Waals surface area contributed by atoms with E-state index in [1.165, 1.54) is 18.3 Å². The van der Waals surface area contributed by atoms with E-state index in [2.05, 4.69) is 4.98 Å². The van der Waals surface area contributed by atoms with Crippen LogP contribution < -0.4 is 9.64 Å². The molecule has 0 aliphatic carbocycles. The number of benzene rings is 2. The zero-order valence-corrected chi connectivity index (χ0v) is 18.5. The van der Waals surface area contributed by atoms with Crippen LogP contribution in [0.25, 0.3) is 0 Å². The molecule has 0 aliphatic rings. The van der Waals surface area contributed by atoms with Crippen LogP contribution in [-0.2, 0) is 16.1 Å². The summed E-state index contributed by atoms with van der Waals surface area (Å²) in [7, 11) is 1.57. The Morgan fingerprint density at radius 3 is 2.27 bits per heavy atom. The van der Waals surface area contributed by atoms with Crippen LogP contribution in [0.1, 0.15) is 39.7 Å². The Balaban J connectivity index is 1.77. The number of methoxy groups -OCH3 is 1. The first-order valence-corrected chi connectivity index (χ1v) is 10.3. The monoisotopic (exact) mass is 424 g/mol. The van der Waals surface area contributed by atoms with E-state index in [1.807, 2.05) is 32.9 Å². The molecule has 30 heavy (non-hydrogen) atoms. The first kappa shape index (κ1) is 21.5. The van der Waals surface area contributed by atoms with E-state index in [9.17, 15) is 9.59 Å². The molecule has 3 aromatic rings. The predicted molar refractivity (Wildman–Crippen MR) is 118 cm³/mol. The summed E-state index contributed by atoms with van der Waals surface area (Å²) in [5, 5.41) is 2.35. The third kappa shape index (κ3) is 4.68. The van der Waals surface area contributed by atoms with Crippen molar-refractivity contribution in [2.24, 2.45) is 0 Å². The number of rotatable bonds is 6. The lowest BCUT2D eigenvalue weighted by atomic mass is 10.0. The number of anilines is 2. The largest absolute Gasteiger partial charge is 0.497 e. The lowest BCUT2D eigenvalue weighted by molar-refractivity contribution is -0.115. The standard InChI is InChI=1S/C23H24N2O4S/c1-14-10-15(2)21(16(3)11-14)25(17(4)26)23-24-19(13-30-23)12-29-22(27)18-6-8-20(28-5)9-7-18/h6-11,13H,12H2,1-5H3. The van der Waals surface area contributed by atoms with E-state index in [-0.39, 0.29) is 12.5 Å². The molecule has 156 valence electrons. The number of esters is 1. The molecular formula is C23H24N2O4S. The second-order valence-electron chi connectivity index (χ2n) is 7.03. The Bertz CT molecular complexity index is 1050. The van der Waals surface area contributed by atoms with Gasteiger partial charge in [-0.05, 0) is 56.2 Å². The van der Waals surface area contributed by atoms with Crippen molar-refractivity contribution in [3.05, 3.63) is 69.7 Å². The molecule has 0 unspecified atom stereocenters. The molecule has 3 rings (SSSR count). The van der Waals surface area contributed by atoms with E-state index in [4.69, 9.17) is 9.47 Å². The molecule has 0 atom stereocenters. The van der Waals surface area contributed by atoms with Gasteiger partial charge in [-0.1, -0.05) is 17.7 Å². The van der Waals surface area contributed by atoms with E-state index in [0.717, 1.165) is 22.4 Å². The number of amides is 1. The SMILES string of the molecule is COc1ccc(C(=O)OCc2csc(N(C(C)=O)c3c(C)cc(C)cc3C)n2)cc1. The summed E-state index contributed by atoms with van der Waals surface area (Å²) in [5.74, 6) is 0.101. The average Bonchev–Trinajstić information content (AvgIpc) is 3.16. The van der Waals surface area contributed by atoms with Crippen LogP contribution in [0.15, 0.2) is 41.8 Å². The number of hydrogen-bond donors (Lipinski definition) is 0. The van der Waals surface area contributed by atoms with Gasteiger partial charge in [0, 0.05) is 12.3 Å². The molecule has 0 N–H and O–H groups in total. The maximum atomic E-state index is 12.4. The summed E-state index contributed by atoms with van der Waals surface area (Å²) >= 11 is 1.34. The van der Waals surface area contributed by atoms with Crippen molar-refractivity contribution in [2.45, 2.75) is 34.3 Å². The summed E-state index contributed by atoms with van der Waals surface area (Å²) in [6, 6.07) is 10.8. The minimum absolute atomic E-state index is 0.0268. The number of nitrogens with zero attached hydrogens (tertiary/aromatic N) is 2. The summed E-state index contributed by atoms with van der Waals surface area (Å²) in [6.07, 6.45) is 0. The Labute approximate surface area is 180 Å². The van der Waals surface area contributed by atoms with Gasteiger partial charge < -0.3 is 9.47 Å². The van der Waals surface area contributed by atoms with E-state index >= 15 is 0 Å². The molecule has 0 bridgehead atoms. The average molecular weight is 425 g/mol. The molecule has 7 heteroatoms. The topological polar surface area (TPSA) is 68.7 Å². The van der Waals surface area contributed by atoms with Crippen molar-refractivity contribution in [1.82, 2.24) is 4.98 Å². The van der Waals surface area contributed by atoms with E-state index in [0.29, 0.717) is 22.1 Å². The zero-order valence-electron chi connectivity index (χ0n) is 17.7. The fourth-order valence-corrected chi connectivity index (χ4v) is 4.19. The first-order valence-electron chi connectivity index (χ1n) is 9.44. The number of carbonyl (C=O) groups is 2. The number of thiazole rings is 1. The Hall–Kier alpha value is -3.19. The summed E-state index contributed by atoms with van der Waals surface area (Å²) in [6.45, 7) is 7.54. The van der Waals surface area contributed by atoms with Gasteiger partial charge >= 0.3 is 5.97 Å². The number of hydrogen-bond acceptors (Lipinski definition) is 6. The quantitative estimate of drug-likeness (QED) is 0.514. The minimum atomic E-state index is -0.444. The Kier molecular flexibility index (Phi) is 6.52. The molecule has 0 saturated heterocycles. The summed E-state index contributed by atoms with van der Waals surface area (Å²) in [5.41, 5.74) is 5.01. The van der Waals surface area contributed by atoms with Gasteiger partial charge in [-0.2, -0.15) is 0 Å². The van der Waals surface area contributed by atoms with Gasteiger partial charge in [-0.25, -0.2) is 9.78 Å². The number of aromatic nitrogens is 1. The molecule has 1 aromatic heterocycles. The van der Waals surface area contributed by atoms with Crippen LogP contribution in [0.4, 0.5) is 10.8 Å². The van der Waals surface area contributed by atoms with Crippen molar-refractivity contribution in [3.8, 4) is 5.75 Å². The van der Waals surface area contributed by atoms with Crippen LogP contribution in [-0.4, -0.2) is 24.0 Å². The predicted octanol–water partition coefficient (Wildman–Crippen LogP) is 5.12. The van der Waals surface area contributed by atoms with Gasteiger partial charge in [-0.3, -0.25) is 9.69 Å². The third-order valence-electron chi connectivity index (χ3n) is 4.58. The maximum Gasteiger partial charge on any atom is 0.338 e. The fourth-order valence-electron chi connectivity index (χ4n) is 3.33. The van der Waals surface area contributed by atoms with Gasteiger partial charge in [-0.15, -0.1) is 11.3 Å². The second-order valence-corrected chi connectivity index (χ2v) is 7.86. The van der Waals surface area contributed by atoms with Crippen molar-refractivity contribution >= 4 is 34.0 Å². The number of carbonyl (C=O) groups excluding carboxylic acids is 2. The molecule has 0 aliphatic heterocycles. The molecule has 0 fully saturated rings. The van der Waals surface area contributed by atoms with E-state index in [1.54, 1.807) is 41.7 Å². The highest BCUT2D eigenvalue weighted by Gasteiger charge is 2.22. The highest BCUT2D eigenvalue weighted by molar-refractivity contribution is 7.14. The normalized spacial score (nSPS) is 10.6. The Morgan fingerprint density at radius 1 is 1.07 bits per heavy atom. The molecule has 1 amide bonds. The molecule has 0 spiro atoms. The van der Waals surface area contributed by atoms with E-state index < -0.39 is 5.97 Å². The van der Waals surface area contributed by atoms with Gasteiger partial charge in [0.1, 0.15) is 12.4 Å². The lowest BCUT2D eigenvalue weighted by Crippen LogP contribution is -2.24. The second kappa shape index (κ2) is 9.09. The van der Waals surface area contributed by atoms with Crippen LogP contribution in [0.2, 0.25) is 0 Å². The van der Waals surface area contributed by atoms with Crippen molar-refractivity contribution in [3.63, 3.8) is 0 Å². The third-order valence-corrected chi connectivity index (χ3v) is 5.46. The summed E-state index contributed by atoms with van der Waals surface area (Å²) < 4.78 is 10.5. The highest BCUT2D eigenvalue weighted by atomic mass is 32.1. The summed E-state index contributed by atoms with van der Waals surface area (Å²) in [4.78, 5) is 30.8. The van der Waals surface area contributed by atoms with Crippen LogP contribution in [0.3, 0.4) is 0 Å². The van der Waals surface area contributed by atoms with Gasteiger partial charge in [0.05, 0.1) is 24.1 Å². The van der Waals surface area contributed by atoms with Crippen molar-refractivity contribution in [1.29, 1.82) is 0 Å². The molecule has 0 radical (unpaired) electrons. The van der Waals surface area contributed by atoms with Gasteiger partial charge in [0.15, 0.2) is 5.13 Å².